The van der Waals surface area contributed by atoms with E-state index in [1.165, 1.54) is 22.7 Å². The van der Waals surface area contributed by atoms with Crippen LogP contribution in [0.25, 0.3) is 0 Å². The van der Waals surface area contributed by atoms with Crippen LogP contribution in [0.3, 0.4) is 0 Å². The zero-order chi connectivity index (χ0) is 32.5. The number of nitrogens with zero attached hydrogens (tertiary/aromatic N) is 5. The summed E-state index contributed by atoms with van der Waals surface area (Å²) in [6.45, 7) is 6.69. The molecular formula is C32H44F3N5O4S. The lowest BCUT2D eigenvalue weighted by Gasteiger charge is -2.43. The van der Waals surface area contributed by atoms with E-state index in [0.29, 0.717) is 43.5 Å². The molecule has 2 atom stereocenters. The average Bonchev–Trinajstić information content (AvgIpc) is 3.49. The molecule has 13 heteroatoms. The lowest BCUT2D eigenvalue weighted by atomic mass is 9.97. The van der Waals surface area contributed by atoms with E-state index >= 15 is 0 Å². The third kappa shape index (κ3) is 8.04. The Balaban J connectivity index is 1.13. The van der Waals surface area contributed by atoms with Crippen LogP contribution in [0.2, 0.25) is 0 Å². The second kappa shape index (κ2) is 13.6. The van der Waals surface area contributed by atoms with E-state index in [0.717, 1.165) is 80.6 Å². The van der Waals surface area contributed by atoms with Gasteiger partial charge in [-0.05, 0) is 96.0 Å². The second-order valence-corrected chi connectivity index (χ2v) is 14.8. The lowest BCUT2D eigenvalue weighted by Crippen LogP contribution is -2.52. The van der Waals surface area contributed by atoms with Crippen LogP contribution in [0.15, 0.2) is 24.3 Å². The molecule has 1 aromatic carbocycles. The number of hydrogen-bond donors (Lipinski definition) is 0. The number of piperidine rings is 2. The summed E-state index contributed by atoms with van der Waals surface area (Å²) in [5.74, 6) is 0.469. The predicted octanol–water partition coefficient (Wildman–Crippen LogP) is 4.93. The standard InChI is InChI=1S/C32H44F3N5O4S/c1-21-28(11-9-27-10-12-29(44-27)23-5-7-24(8-6-23)32(33,34)35)36-22(2)37-30(21)31(41)40-19-15-26(16-20-40)39-17-13-25(14-18-39)38(3)45(4,42)43/h5-8,25-27,29H,9-20H2,1-4H3/t27?,29-/m1/s1. The molecule has 0 N–H and O–H groups in total. The Morgan fingerprint density at radius 1 is 0.978 bits per heavy atom. The maximum Gasteiger partial charge on any atom is 0.416 e. The summed E-state index contributed by atoms with van der Waals surface area (Å²) in [5.41, 5.74) is 2.13. The van der Waals surface area contributed by atoms with Crippen molar-refractivity contribution in [3.63, 3.8) is 0 Å². The summed E-state index contributed by atoms with van der Waals surface area (Å²) in [6.07, 6.45) is 2.85. The molecule has 1 unspecified atom stereocenters. The molecule has 1 amide bonds. The molecule has 0 aliphatic carbocycles. The van der Waals surface area contributed by atoms with Gasteiger partial charge in [-0.3, -0.25) is 4.79 Å². The van der Waals surface area contributed by atoms with Crippen LogP contribution < -0.4 is 0 Å². The molecule has 3 fully saturated rings. The highest BCUT2D eigenvalue weighted by Gasteiger charge is 2.34. The number of ether oxygens (including phenoxy) is 1. The van der Waals surface area contributed by atoms with E-state index in [4.69, 9.17) is 4.74 Å². The van der Waals surface area contributed by atoms with E-state index in [9.17, 15) is 26.4 Å². The first-order valence-corrected chi connectivity index (χ1v) is 17.7. The first kappa shape index (κ1) is 33.7. The summed E-state index contributed by atoms with van der Waals surface area (Å²) < 4.78 is 70.3. The predicted molar refractivity (Wildman–Crippen MR) is 164 cm³/mol. The maximum atomic E-state index is 13.6. The lowest BCUT2D eigenvalue weighted by molar-refractivity contribution is -0.137. The van der Waals surface area contributed by atoms with Crippen LogP contribution >= 0.6 is 0 Å². The number of benzene rings is 1. The number of carbonyl (C=O) groups is 1. The second-order valence-electron chi connectivity index (χ2n) is 12.7. The minimum absolute atomic E-state index is 0.0387. The highest BCUT2D eigenvalue weighted by atomic mass is 32.2. The van der Waals surface area contributed by atoms with Gasteiger partial charge in [0.05, 0.1) is 24.0 Å². The summed E-state index contributed by atoms with van der Waals surface area (Å²) in [5, 5.41) is 0. The number of rotatable bonds is 8. The number of aryl methyl sites for hydroxylation is 2. The van der Waals surface area contributed by atoms with Crippen molar-refractivity contribution in [2.24, 2.45) is 0 Å². The molecule has 3 aliphatic heterocycles. The zero-order valence-corrected chi connectivity index (χ0v) is 27.3. The molecule has 248 valence electrons. The molecule has 0 saturated carbocycles. The number of hydrogen-bond acceptors (Lipinski definition) is 7. The van der Waals surface area contributed by atoms with Crippen LogP contribution in [0.5, 0.6) is 0 Å². The number of halogens is 3. The minimum Gasteiger partial charge on any atom is -0.370 e. The quantitative estimate of drug-likeness (QED) is 0.400. The molecule has 3 saturated heterocycles. The van der Waals surface area contributed by atoms with Crippen molar-refractivity contribution in [1.82, 2.24) is 24.1 Å². The van der Waals surface area contributed by atoms with Crippen molar-refractivity contribution >= 4 is 15.9 Å². The van der Waals surface area contributed by atoms with Crippen molar-refractivity contribution in [3.8, 4) is 0 Å². The van der Waals surface area contributed by atoms with E-state index < -0.39 is 21.8 Å². The molecule has 9 nitrogen and oxygen atoms in total. The molecule has 3 aliphatic rings. The Morgan fingerprint density at radius 2 is 1.62 bits per heavy atom. The van der Waals surface area contributed by atoms with Gasteiger partial charge in [-0.2, -0.15) is 13.2 Å². The first-order valence-electron chi connectivity index (χ1n) is 15.8. The van der Waals surface area contributed by atoms with Gasteiger partial charge in [0, 0.05) is 43.5 Å². The first-order chi connectivity index (χ1) is 21.2. The van der Waals surface area contributed by atoms with Gasteiger partial charge in [-0.1, -0.05) is 12.1 Å². The van der Waals surface area contributed by atoms with E-state index in [1.54, 1.807) is 14.0 Å². The van der Waals surface area contributed by atoms with Gasteiger partial charge in [0.2, 0.25) is 10.0 Å². The van der Waals surface area contributed by atoms with Crippen molar-refractivity contribution in [3.05, 3.63) is 58.2 Å². The fourth-order valence-corrected chi connectivity index (χ4v) is 7.71. The van der Waals surface area contributed by atoms with Gasteiger partial charge in [0.1, 0.15) is 11.5 Å². The van der Waals surface area contributed by atoms with E-state index in [2.05, 4.69) is 14.9 Å². The molecular weight excluding hydrogens is 607 g/mol. The van der Waals surface area contributed by atoms with E-state index in [-0.39, 0.29) is 24.2 Å². The Morgan fingerprint density at radius 3 is 2.22 bits per heavy atom. The van der Waals surface area contributed by atoms with Crippen molar-refractivity contribution < 1.29 is 31.1 Å². The largest absolute Gasteiger partial charge is 0.416 e. The molecule has 5 rings (SSSR count). The molecule has 45 heavy (non-hydrogen) atoms. The fraction of sp³-hybridized carbons (Fsp3) is 0.656. The van der Waals surface area contributed by atoms with Crippen LogP contribution in [-0.2, 0) is 27.4 Å². The van der Waals surface area contributed by atoms with Gasteiger partial charge in [-0.15, -0.1) is 0 Å². The number of likely N-dealkylation sites (tertiary alicyclic amines) is 2. The highest BCUT2D eigenvalue weighted by Crippen LogP contribution is 2.36. The summed E-state index contributed by atoms with van der Waals surface area (Å²) >= 11 is 0. The monoisotopic (exact) mass is 651 g/mol. The normalized spacial score (nSPS) is 22.8. The number of alkyl halides is 3. The molecule has 0 radical (unpaired) electrons. The number of amides is 1. The van der Waals surface area contributed by atoms with Crippen LogP contribution in [0.1, 0.15) is 89.7 Å². The Bertz CT molecular complexity index is 1450. The smallest absolute Gasteiger partial charge is 0.370 e. The molecule has 1 aromatic heterocycles. The third-order valence-electron chi connectivity index (χ3n) is 9.79. The Labute approximate surface area is 264 Å². The maximum absolute atomic E-state index is 13.6. The van der Waals surface area contributed by atoms with Gasteiger partial charge >= 0.3 is 6.18 Å². The molecule has 0 bridgehead atoms. The summed E-state index contributed by atoms with van der Waals surface area (Å²) in [7, 11) is -1.54. The van der Waals surface area contributed by atoms with Gasteiger partial charge in [-0.25, -0.2) is 22.7 Å². The van der Waals surface area contributed by atoms with Crippen LogP contribution in [-0.4, -0.2) is 96.1 Å². The van der Waals surface area contributed by atoms with Gasteiger partial charge < -0.3 is 14.5 Å². The summed E-state index contributed by atoms with van der Waals surface area (Å²) in [6, 6.07) is 5.61. The number of aromatic nitrogens is 2. The Kier molecular flexibility index (Phi) is 10.2. The molecule has 2 aromatic rings. The highest BCUT2D eigenvalue weighted by molar-refractivity contribution is 7.88. The zero-order valence-electron chi connectivity index (χ0n) is 26.5. The minimum atomic E-state index is -4.36. The topological polar surface area (TPSA) is 95.9 Å². The van der Waals surface area contributed by atoms with Gasteiger partial charge in [0.15, 0.2) is 0 Å². The van der Waals surface area contributed by atoms with Crippen molar-refractivity contribution in [2.75, 3.05) is 39.5 Å². The van der Waals surface area contributed by atoms with Crippen LogP contribution in [0.4, 0.5) is 13.2 Å². The van der Waals surface area contributed by atoms with E-state index in [1.807, 2.05) is 11.8 Å². The van der Waals surface area contributed by atoms with Gasteiger partial charge in [0.25, 0.3) is 5.91 Å². The third-order valence-corrected chi connectivity index (χ3v) is 11.1. The van der Waals surface area contributed by atoms with Crippen LogP contribution in [0, 0.1) is 13.8 Å². The number of sulfonamides is 1. The Hall–Kier alpha value is -2.61. The molecule has 4 heterocycles. The SMILES string of the molecule is Cc1nc(CCC2CC[C@H](c3ccc(C(F)(F)F)cc3)O2)c(C)c(C(=O)N2CCC(N3CCC(N(C)S(C)(=O)=O)CC3)CC2)n1. The molecule has 0 spiro atoms. The number of carbonyl (C=O) groups excluding carboxylic acids is 1. The average molecular weight is 652 g/mol. The summed E-state index contributed by atoms with van der Waals surface area (Å²) in [4.78, 5) is 27.1. The van der Waals surface area contributed by atoms with Crippen molar-refractivity contribution in [2.45, 2.75) is 95.7 Å². The fourth-order valence-electron chi connectivity index (χ4n) is 6.96. The van der Waals surface area contributed by atoms with Crippen molar-refractivity contribution in [1.29, 1.82) is 0 Å².